The second kappa shape index (κ2) is 3.07. The number of hydrogen-bond donors (Lipinski definition) is 1. The van der Waals surface area contributed by atoms with E-state index in [9.17, 15) is 4.79 Å². The van der Waals surface area contributed by atoms with E-state index in [1.54, 1.807) is 0 Å². The van der Waals surface area contributed by atoms with Gasteiger partial charge in [0, 0.05) is 12.1 Å². The minimum absolute atomic E-state index is 0.171. The lowest BCUT2D eigenvalue weighted by atomic mass is 9.92. The van der Waals surface area contributed by atoms with Crippen LogP contribution in [-0.4, -0.2) is 22.5 Å². The highest BCUT2D eigenvalue weighted by atomic mass is 16.4. The number of hydrogen-bond acceptors (Lipinski definition) is 2. The van der Waals surface area contributed by atoms with E-state index in [0.29, 0.717) is 12.1 Å². The molecule has 15 heavy (non-hydrogen) atoms. The average molecular weight is 203 g/mol. The van der Waals surface area contributed by atoms with Gasteiger partial charge in [-0.25, -0.2) is 0 Å². The van der Waals surface area contributed by atoms with Gasteiger partial charge in [-0.2, -0.15) is 0 Å². The van der Waals surface area contributed by atoms with Crippen molar-refractivity contribution in [1.29, 1.82) is 0 Å². The Bertz CT molecular complexity index is 385. The minimum Gasteiger partial charge on any atom is -0.480 e. The number of fused-ring (bicyclic) bond motifs is 5. The van der Waals surface area contributed by atoms with Crippen LogP contribution in [-0.2, 0) is 4.79 Å². The fourth-order valence-electron chi connectivity index (χ4n) is 3.03. The van der Waals surface area contributed by atoms with Crippen LogP contribution < -0.4 is 0 Å². The number of benzene rings is 1. The Hall–Kier alpha value is -1.35. The second-order valence-electron chi connectivity index (χ2n) is 4.30. The van der Waals surface area contributed by atoms with Gasteiger partial charge >= 0.3 is 5.97 Å². The molecule has 0 saturated carbocycles. The summed E-state index contributed by atoms with van der Waals surface area (Å²) >= 11 is 0. The number of aliphatic carboxylic acids is 1. The summed E-state index contributed by atoms with van der Waals surface area (Å²) in [6.45, 7) is 0.171. The van der Waals surface area contributed by atoms with Crippen LogP contribution in [0.15, 0.2) is 24.3 Å². The van der Waals surface area contributed by atoms with Crippen LogP contribution in [0.25, 0.3) is 0 Å². The maximum atomic E-state index is 10.8. The van der Waals surface area contributed by atoms with E-state index in [1.807, 2.05) is 12.1 Å². The molecule has 3 rings (SSSR count). The van der Waals surface area contributed by atoms with Gasteiger partial charge in [-0.1, -0.05) is 24.3 Å². The molecule has 1 fully saturated rings. The summed E-state index contributed by atoms with van der Waals surface area (Å²) in [7, 11) is 0. The standard InChI is InChI=1S/C12H13NO2/c14-12(15)7-13-10-5-6-11(13)9-4-2-1-3-8(9)10/h1-4,10-11H,5-7H2,(H,14,15). The fourth-order valence-corrected chi connectivity index (χ4v) is 3.03. The highest BCUT2D eigenvalue weighted by Crippen LogP contribution is 2.52. The van der Waals surface area contributed by atoms with Gasteiger partial charge in [-0.05, 0) is 24.0 Å². The van der Waals surface area contributed by atoms with Gasteiger partial charge in [0.05, 0.1) is 6.54 Å². The van der Waals surface area contributed by atoms with Gasteiger partial charge in [-0.15, -0.1) is 0 Å². The molecule has 2 atom stereocenters. The SMILES string of the molecule is O=C(O)CN1C2CCC1c1ccccc12. The normalized spacial score (nSPS) is 28.0. The molecule has 2 aliphatic rings. The maximum absolute atomic E-state index is 10.8. The number of rotatable bonds is 2. The van der Waals surface area contributed by atoms with E-state index in [0.717, 1.165) is 12.8 Å². The van der Waals surface area contributed by atoms with Crippen molar-refractivity contribution in [1.82, 2.24) is 4.90 Å². The third kappa shape index (κ3) is 1.20. The Morgan fingerprint density at radius 2 is 1.80 bits per heavy atom. The Kier molecular flexibility index (Phi) is 1.83. The van der Waals surface area contributed by atoms with Crippen LogP contribution in [0.4, 0.5) is 0 Å². The van der Waals surface area contributed by atoms with E-state index >= 15 is 0 Å². The predicted molar refractivity (Wildman–Crippen MR) is 55.5 cm³/mol. The third-order valence-corrected chi connectivity index (χ3v) is 3.55. The first-order valence-corrected chi connectivity index (χ1v) is 5.34. The van der Waals surface area contributed by atoms with Crippen molar-refractivity contribution < 1.29 is 9.90 Å². The molecule has 2 heterocycles. The molecule has 3 heteroatoms. The summed E-state index contributed by atoms with van der Waals surface area (Å²) in [5.41, 5.74) is 2.69. The molecule has 2 unspecified atom stereocenters. The number of carboxylic acid groups (broad SMARTS) is 1. The molecule has 2 bridgehead atoms. The maximum Gasteiger partial charge on any atom is 0.317 e. The second-order valence-corrected chi connectivity index (χ2v) is 4.30. The van der Waals surface area contributed by atoms with Crippen molar-refractivity contribution in [3.63, 3.8) is 0 Å². The Labute approximate surface area is 88.3 Å². The zero-order valence-corrected chi connectivity index (χ0v) is 8.39. The lowest BCUT2D eigenvalue weighted by molar-refractivity contribution is -0.138. The topological polar surface area (TPSA) is 40.5 Å². The molecule has 2 aliphatic heterocycles. The molecule has 1 aromatic carbocycles. The Morgan fingerprint density at radius 3 is 2.27 bits per heavy atom. The first-order valence-electron chi connectivity index (χ1n) is 5.34. The molecule has 1 aromatic rings. The quantitative estimate of drug-likeness (QED) is 0.798. The van der Waals surface area contributed by atoms with E-state index in [2.05, 4.69) is 17.0 Å². The van der Waals surface area contributed by atoms with Crippen molar-refractivity contribution in [3.8, 4) is 0 Å². The van der Waals surface area contributed by atoms with Gasteiger partial charge in [-0.3, -0.25) is 9.69 Å². The fraction of sp³-hybridized carbons (Fsp3) is 0.417. The van der Waals surface area contributed by atoms with Gasteiger partial charge in [0.1, 0.15) is 0 Å². The van der Waals surface area contributed by atoms with Crippen LogP contribution in [0.1, 0.15) is 36.1 Å². The third-order valence-electron chi connectivity index (χ3n) is 3.55. The number of nitrogens with zero attached hydrogens (tertiary/aromatic N) is 1. The highest BCUT2D eigenvalue weighted by Gasteiger charge is 2.43. The van der Waals surface area contributed by atoms with Crippen LogP contribution in [0, 0.1) is 0 Å². The lowest BCUT2D eigenvalue weighted by Gasteiger charge is -2.18. The summed E-state index contributed by atoms with van der Waals surface area (Å²) in [4.78, 5) is 12.9. The van der Waals surface area contributed by atoms with Gasteiger partial charge in [0.15, 0.2) is 0 Å². The Balaban J connectivity index is 1.98. The molecule has 0 aromatic heterocycles. The van der Waals surface area contributed by atoms with Gasteiger partial charge < -0.3 is 5.11 Å². The zero-order valence-electron chi connectivity index (χ0n) is 8.39. The van der Waals surface area contributed by atoms with Crippen molar-refractivity contribution in [2.45, 2.75) is 24.9 Å². The molecule has 0 radical (unpaired) electrons. The van der Waals surface area contributed by atoms with Gasteiger partial charge in [0.2, 0.25) is 0 Å². The summed E-state index contributed by atoms with van der Waals surface area (Å²) in [6, 6.07) is 9.04. The lowest BCUT2D eigenvalue weighted by Crippen LogP contribution is -2.26. The smallest absolute Gasteiger partial charge is 0.317 e. The zero-order chi connectivity index (χ0) is 10.4. The first kappa shape index (κ1) is 8.92. The van der Waals surface area contributed by atoms with Crippen LogP contribution >= 0.6 is 0 Å². The van der Waals surface area contributed by atoms with Crippen molar-refractivity contribution in [2.24, 2.45) is 0 Å². The largest absolute Gasteiger partial charge is 0.480 e. The van der Waals surface area contributed by atoms with E-state index < -0.39 is 5.97 Å². The molecular formula is C12H13NO2. The number of carbonyl (C=O) groups is 1. The predicted octanol–water partition coefficient (Wildman–Crippen LogP) is 1.96. The molecule has 0 amide bonds. The molecular weight excluding hydrogens is 190 g/mol. The van der Waals surface area contributed by atoms with E-state index in [4.69, 9.17) is 5.11 Å². The van der Waals surface area contributed by atoms with E-state index in [-0.39, 0.29) is 6.54 Å². The monoisotopic (exact) mass is 203 g/mol. The van der Waals surface area contributed by atoms with Crippen LogP contribution in [0.5, 0.6) is 0 Å². The summed E-state index contributed by atoms with van der Waals surface area (Å²) in [6.07, 6.45) is 2.21. The molecule has 1 saturated heterocycles. The summed E-state index contributed by atoms with van der Waals surface area (Å²) < 4.78 is 0. The Morgan fingerprint density at radius 1 is 1.27 bits per heavy atom. The molecule has 0 spiro atoms. The van der Waals surface area contributed by atoms with E-state index in [1.165, 1.54) is 11.1 Å². The summed E-state index contributed by atoms with van der Waals surface area (Å²) in [5.74, 6) is -0.722. The minimum atomic E-state index is -0.722. The molecule has 1 N–H and O–H groups in total. The molecule has 3 nitrogen and oxygen atoms in total. The van der Waals surface area contributed by atoms with Crippen molar-refractivity contribution in [2.75, 3.05) is 6.54 Å². The first-order chi connectivity index (χ1) is 7.27. The van der Waals surface area contributed by atoms with Crippen LogP contribution in [0.2, 0.25) is 0 Å². The molecule has 0 aliphatic carbocycles. The molecule has 78 valence electrons. The highest BCUT2D eigenvalue weighted by molar-refractivity contribution is 5.69. The number of carboxylic acids is 1. The van der Waals surface area contributed by atoms with Crippen molar-refractivity contribution >= 4 is 5.97 Å². The van der Waals surface area contributed by atoms with Crippen molar-refractivity contribution in [3.05, 3.63) is 35.4 Å². The van der Waals surface area contributed by atoms with Crippen LogP contribution in [0.3, 0.4) is 0 Å². The van der Waals surface area contributed by atoms with Gasteiger partial charge in [0.25, 0.3) is 0 Å². The average Bonchev–Trinajstić information content (AvgIpc) is 2.74. The summed E-state index contributed by atoms with van der Waals surface area (Å²) in [5, 5.41) is 8.87.